The number of aliphatic hydroxyl groups is 1. The summed E-state index contributed by atoms with van der Waals surface area (Å²) in [5.74, 6) is 0.958. The quantitative estimate of drug-likeness (QED) is 0.647. The maximum atomic E-state index is 11.5. The Balaban J connectivity index is 2.03. The second kappa shape index (κ2) is 10.3. The third kappa shape index (κ3) is 7.14. The van der Waals surface area contributed by atoms with Gasteiger partial charge in [0, 0.05) is 19.6 Å². The van der Waals surface area contributed by atoms with Crippen molar-refractivity contribution in [2.24, 2.45) is 0 Å². The Morgan fingerprint density at radius 1 is 1.20 bits per heavy atom. The van der Waals surface area contributed by atoms with Crippen LogP contribution in [0.2, 0.25) is 0 Å². The molecule has 2 N–H and O–H groups in total. The van der Waals surface area contributed by atoms with E-state index in [1.165, 1.54) is 0 Å². The number of carbonyl (C=O) groups is 1. The summed E-state index contributed by atoms with van der Waals surface area (Å²) in [4.78, 5) is 11.5. The molecule has 1 rings (SSSR count). The predicted molar refractivity (Wildman–Crippen MR) is 79.9 cm³/mol. The lowest BCUT2D eigenvalue weighted by Crippen LogP contribution is -2.24. The van der Waals surface area contributed by atoms with E-state index < -0.39 is 0 Å². The highest BCUT2D eigenvalue weighted by atomic mass is 16.5. The Labute approximate surface area is 121 Å². The number of hydrogen-bond acceptors (Lipinski definition) is 3. The van der Waals surface area contributed by atoms with E-state index in [1.54, 1.807) is 0 Å². The summed E-state index contributed by atoms with van der Waals surface area (Å²) < 4.78 is 5.64. The van der Waals surface area contributed by atoms with E-state index >= 15 is 0 Å². The van der Waals surface area contributed by atoms with Gasteiger partial charge in [-0.3, -0.25) is 4.79 Å². The Kier molecular flexibility index (Phi) is 8.47. The molecule has 4 heteroatoms. The molecule has 0 radical (unpaired) electrons. The normalized spacial score (nSPS) is 10.3. The Morgan fingerprint density at radius 3 is 2.75 bits per heavy atom. The van der Waals surface area contributed by atoms with Crippen molar-refractivity contribution < 1.29 is 14.6 Å². The zero-order chi connectivity index (χ0) is 14.6. The van der Waals surface area contributed by atoms with Crippen molar-refractivity contribution in [3.8, 4) is 5.75 Å². The highest BCUT2D eigenvalue weighted by Crippen LogP contribution is 2.16. The van der Waals surface area contributed by atoms with Gasteiger partial charge in [0.2, 0.25) is 5.91 Å². The van der Waals surface area contributed by atoms with Crippen LogP contribution in [0, 0.1) is 6.92 Å². The lowest BCUT2D eigenvalue weighted by molar-refractivity contribution is -0.121. The van der Waals surface area contributed by atoms with Crippen molar-refractivity contribution in [1.82, 2.24) is 5.32 Å². The zero-order valence-corrected chi connectivity index (χ0v) is 12.2. The van der Waals surface area contributed by atoms with Crippen molar-refractivity contribution in [3.05, 3.63) is 29.8 Å². The molecule has 0 saturated carbocycles. The molecule has 1 amide bonds. The number of aryl methyl sites for hydroxylation is 1. The number of para-hydroxylation sites is 1. The third-order valence-electron chi connectivity index (χ3n) is 3.06. The molecule has 0 heterocycles. The highest BCUT2D eigenvalue weighted by molar-refractivity contribution is 5.75. The molecule has 112 valence electrons. The molecule has 0 aromatic heterocycles. The summed E-state index contributed by atoms with van der Waals surface area (Å²) in [6.45, 7) is 3.49. The third-order valence-corrected chi connectivity index (χ3v) is 3.06. The number of hydrogen-bond donors (Lipinski definition) is 2. The molecule has 0 bridgehead atoms. The van der Waals surface area contributed by atoms with Gasteiger partial charge in [0.15, 0.2) is 0 Å². The Morgan fingerprint density at radius 2 is 2.00 bits per heavy atom. The number of aliphatic hydroxyl groups excluding tert-OH is 1. The van der Waals surface area contributed by atoms with Crippen molar-refractivity contribution in [2.45, 2.75) is 39.0 Å². The first-order valence-corrected chi connectivity index (χ1v) is 7.30. The number of rotatable bonds is 10. The first-order valence-electron chi connectivity index (χ1n) is 7.30. The maximum Gasteiger partial charge on any atom is 0.220 e. The van der Waals surface area contributed by atoms with Crippen LogP contribution in [0.25, 0.3) is 0 Å². The molecule has 4 nitrogen and oxygen atoms in total. The smallest absolute Gasteiger partial charge is 0.220 e. The summed E-state index contributed by atoms with van der Waals surface area (Å²) in [7, 11) is 0. The van der Waals surface area contributed by atoms with Crippen molar-refractivity contribution in [3.63, 3.8) is 0 Å². The monoisotopic (exact) mass is 279 g/mol. The second-order valence-corrected chi connectivity index (χ2v) is 4.85. The minimum atomic E-state index is 0.0717. The van der Waals surface area contributed by atoms with Crippen LogP contribution in [0.1, 0.15) is 37.7 Å². The highest BCUT2D eigenvalue weighted by Gasteiger charge is 2.02. The topological polar surface area (TPSA) is 58.6 Å². The van der Waals surface area contributed by atoms with E-state index in [0.717, 1.165) is 37.0 Å². The predicted octanol–water partition coefficient (Wildman–Crippen LogP) is 2.43. The average Bonchev–Trinajstić information content (AvgIpc) is 2.45. The molecule has 1 aromatic carbocycles. The molecule has 0 atom stereocenters. The van der Waals surface area contributed by atoms with Gasteiger partial charge in [-0.05, 0) is 44.2 Å². The summed E-state index contributed by atoms with van der Waals surface area (Å²) >= 11 is 0. The van der Waals surface area contributed by atoms with E-state index in [0.29, 0.717) is 19.6 Å². The fraction of sp³-hybridized carbons (Fsp3) is 0.562. The summed E-state index contributed by atoms with van der Waals surface area (Å²) in [5, 5.41) is 11.5. The van der Waals surface area contributed by atoms with Crippen LogP contribution in [0.15, 0.2) is 24.3 Å². The standard InChI is InChI=1S/C16H25NO3/c1-14-8-3-4-9-15(14)20-13-7-10-16(19)17-11-5-2-6-12-18/h3-4,8-9,18H,2,5-7,10-13H2,1H3,(H,17,19). The zero-order valence-electron chi connectivity index (χ0n) is 12.2. The van der Waals surface area contributed by atoms with E-state index in [9.17, 15) is 4.79 Å². The van der Waals surface area contributed by atoms with Crippen LogP contribution in [0.5, 0.6) is 5.75 Å². The van der Waals surface area contributed by atoms with E-state index in [4.69, 9.17) is 9.84 Å². The Bertz CT molecular complexity index is 393. The van der Waals surface area contributed by atoms with E-state index in [2.05, 4.69) is 5.32 Å². The molecular weight excluding hydrogens is 254 g/mol. The van der Waals surface area contributed by atoms with Crippen LogP contribution in [0.4, 0.5) is 0 Å². The molecule has 0 spiro atoms. The van der Waals surface area contributed by atoms with Gasteiger partial charge < -0.3 is 15.2 Å². The van der Waals surface area contributed by atoms with Gasteiger partial charge in [0.1, 0.15) is 5.75 Å². The van der Waals surface area contributed by atoms with Gasteiger partial charge in [0.05, 0.1) is 6.61 Å². The minimum absolute atomic E-state index is 0.0717. The van der Waals surface area contributed by atoms with Gasteiger partial charge in [-0.1, -0.05) is 18.2 Å². The number of carbonyl (C=O) groups excluding carboxylic acids is 1. The van der Waals surface area contributed by atoms with Crippen LogP contribution in [0.3, 0.4) is 0 Å². The molecule has 0 aliphatic rings. The number of nitrogens with one attached hydrogen (secondary N) is 1. The SMILES string of the molecule is Cc1ccccc1OCCCC(=O)NCCCCCO. The first kappa shape index (κ1) is 16.5. The number of unbranched alkanes of at least 4 members (excludes halogenated alkanes) is 2. The number of amides is 1. The number of ether oxygens (including phenoxy) is 1. The molecule has 20 heavy (non-hydrogen) atoms. The van der Waals surface area contributed by atoms with E-state index in [1.807, 2.05) is 31.2 Å². The summed E-state index contributed by atoms with van der Waals surface area (Å²) in [5.41, 5.74) is 1.11. The molecule has 1 aromatic rings. The fourth-order valence-electron chi connectivity index (χ4n) is 1.86. The summed E-state index contributed by atoms with van der Waals surface area (Å²) in [6, 6.07) is 7.87. The summed E-state index contributed by atoms with van der Waals surface area (Å²) in [6.07, 6.45) is 3.89. The van der Waals surface area contributed by atoms with Crippen LogP contribution < -0.4 is 10.1 Å². The molecule has 0 aliphatic carbocycles. The number of benzene rings is 1. The Hall–Kier alpha value is -1.55. The molecule has 0 aliphatic heterocycles. The first-order chi connectivity index (χ1) is 9.74. The van der Waals surface area contributed by atoms with Crippen LogP contribution in [-0.4, -0.2) is 30.8 Å². The van der Waals surface area contributed by atoms with E-state index in [-0.39, 0.29) is 12.5 Å². The molecule has 0 saturated heterocycles. The second-order valence-electron chi connectivity index (χ2n) is 4.85. The van der Waals surface area contributed by atoms with Gasteiger partial charge in [0.25, 0.3) is 0 Å². The lowest BCUT2D eigenvalue weighted by Gasteiger charge is -2.09. The van der Waals surface area contributed by atoms with Crippen LogP contribution >= 0.6 is 0 Å². The minimum Gasteiger partial charge on any atom is -0.493 e. The maximum absolute atomic E-state index is 11.5. The van der Waals surface area contributed by atoms with Crippen molar-refractivity contribution in [1.29, 1.82) is 0 Å². The van der Waals surface area contributed by atoms with Gasteiger partial charge in [-0.15, -0.1) is 0 Å². The van der Waals surface area contributed by atoms with Crippen LogP contribution in [-0.2, 0) is 4.79 Å². The molecule has 0 fully saturated rings. The lowest BCUT2D eigenvalue weighted by atomic mass is 10.2. The fourth-order valence-corrected chi connectivity index (χ4v) is 1.86. The molecular formula is C16H25NO3. The van der Waals surface area contributed by atoms with Gasteiger partial charge in [-0.25, -0.2) is 0 Å². The van der Waals surface area contributed by atoms with Crippen molar-refractivity contribution >= 4 is 5.91 Å². The average molecular weight is 279 g/mol. The molecule has 0 unspecified atom stereocenters. The largest absolute Gasteiger partial charge is 0.493 e. The van der Waals surface area contributed by atoms with Crippen molar-refractivity contribution in [2.75, 3.05) is 19.8 Å². The van der Waals surface area contributed by atoms with Gasteiger partial charge in [-0.2, -0.15) is 0 Å². The van der Waals surface area contributed by atoms with Gasteiger partial charge >= 0.3 is 0 Å².